The highest BCUT2D eigenvalue weighted by molar-refractivity contribution is 5.33. The summed E-state index contributed by atoms with van der Waals surface area (Å²) in [6.45, 7) is 12.2. The van der Waals surface area contributed by atoms with E-state index in [2.05, 4.69) is 50.8 Å². The molecule has 1 fully saturated rings. The molecule has 1 saturated heterocycles. The molecule has 2 N–H and O–H groups in total. The molecule has 1 aliphatic rings. The van der Waals surface area contributed by atoms with E-state index in [0.29, 0.717) is 18.0 Å². The van der Waals surface area contributed by atoms with Gasteiger partial charge in [0.05, 0.1) is 0 Å². The van der Waals surface area contributed by atoms with Gasteiger partial charge in [0, 0.05) is 12.6 Å². The molecular formula is C18H30N2. The molecule has 0 aromatic heterocycles. The number of piperidine rings is 1. The molecule has 1 atom stereocenters. The van der Waals surface area contributed by atoms with Gasteiger partial charge >= 0.3 is 0 Å². The molecule has 1 aromatic carbocycles. The summed E-state index contributed by atoms with van der Waals surface area (Å²) in [6.07, 6.45) is 3.88. The van der Waals surface area contributed by atoms with Crippen molar-refractivity contribution in [2.75, 3.05) is 19.6 Å². The van der Waals surface area contributed by atoms with Crippen molar-refractivity contribution >= 4 is 0 Å². The fourth-order valence-corrected chi connectivity index (χ4v) is 3.40. The molecule has 1 aromatic rings. The SMILES string of the molecule is CCC1(C)CCN(C(CN)c2ccc(C)cc2C)CC1. The topological polar surface area (TPSA) is 29.3 Å². The number of likely N-dealkylation sites (tertiary alicyclic amines) is 1. The van der Waals surface area contributed by atoms with E-state index >= 15 is 0 Å². The zero-order chi connectivity index (χ0) is 14.8. The third-order valence-corrected chi connectivity index (χ3v) is 5.31. The quantitative estimate of drug-likeness (QED) is 0.904. The van der Waals surface area contributed by atoms with Crippen LogP contribution in [-0.2, 0) is 0 Å². The summed E-state index contributed by atoms with van der Waals surface area (Å²) in [6, 6.07) is 7.15. The Kier molecular flexibility index (Phi) is 4.87. The van der Waals surface area contributed by atoms with Crippen molar-refractivity contribution in [2.24, 2.45) is 11.1 Å². The average Bonchev–Trinajstić information content (AvgIpc) is 2.44. The van der Waals surface area contributed by atoms with Crippen LogP contribution in [0.25, 0.3) is 0 Å². The monoisotopic (exact) mass is 274 g/mol. The average molecular weight is 274 g/mol. The lowest BCUT2D eigenvalue weighted by Gasteiger charge is -2.42. The lowest BCUT2D eigenvalue weighted by atomic mass is 9.77. The van der Waals surface area contributed by atoms with Crippen molar-refractivity contribution in [2.45, 2.75) is 53.0 Å². The molecule has 1 unspecified atom stereocenters. The minimum atomic E-state index is 0.386. The van der Waals surface area contributed by atoms with E-state index in [1.807, 2.05) is 0 Å². The standard InChI is InChI=1S/C18H30N2/c1-5-18(4)8-10-20(11-9-18)17(13-19)16-7-6-14(2)12-15(16)3/h6-7,12,17H,5,8-11,13,19H2,1-4H3. The van der Waals surface area contributed by atoms with Gasteiger partial charge in [0.25, 0.3) is 0 Å². The van der Waals surface area contributed by atoms with Crippen molar-refractivity contribution in [1.82, 2.24) is 4.90 Å². The molecule has 0 spiro atoms. The summed E-state index contributed by atoms with van der Waals surface area (Å²) in [5.41, 5.74) is 10.8. The fraction of sp³-hybridized carbons (Fsp3) is 0.667. The van der Waals surface area contributed by atoms with Gasteiger partial charge in [-0.3, -0.25) is 4.90 Å². The maximum atomic E-state index is 6.10. The molecule has 0 amide bonds. The number of benzene rings is 1. The number of nitrogens with two attached hydrogens (primary N) is 1. The Morgan fingerprint density at radius 2 is 1.90 bits per heavy atom. The van der Waals surface area contributed by atoms with E-state index in [-0.39, 0.29) is 0 Å². The number of hydrogen-bond donors (Lipinski definition) is 1. The molecule has 1 heterocycles. The Hall–Kier alpha value is -0.860. The molecule has 0 saturated carbocycles. The minimum absolute atomic E-state index is 0.386. The molecule has 2 nitrogen and oxygen atoms in total. The van der Waals surface area contributed by atoms with Gasteiger partial charge in [-0.05, 0) is 56.3 Å². The highest BCUT2D eigenvalue weighted by Gasteiger charge is 2.31. The Morgan fingerprint density at radius 3 is 2.40 bits per heavy atom. The molecular weight excluding hydrogens is 244 g/mol. The van der Waals surface area contributed by atoms with Gasteiger partial charge in [-0.2, -0.15) is 0 Å². The summed E-state index contributed by atoms with van der Waals surface area (Å²) in [4.78, 5) is 2.59. The summed E-state index contributed by atoms with van der Waals surface area (Å²) in [5, 5.41) is 0. The molecule has 0 aliphatic carbocycles. The van der Waals surface area contributed by atoms with Crippen molar-refractivity contribution < 1.29 is 0 Å². The predicted molar refractivity (Wildman–Crippen MR) is 86.9 cm³/mol. The van der Waals surface area contributed by atoms with Crippen LogP contribution < -0.4 is 5.73 Å². The van der Waals surface area contributed by atoms with Gasteiger partial charge < -0.3 is 5.73 Å². The lowest BCUT2D eigenvalue weighted by molar-refractivity contribution is 0.0827. The predicted octanol–water partition coefficient (Wildman–Crippen LogP) is 3.82. The van der Waals surface area contributed by atoms with E-state index in [4.69, 9.17) is 5.73 Å². The van der Waals surface area contributed by atoms with Crippen molar-refractivity contribution in [3.05, 3.63) is 34.9 Å². The van der Waals surface area contributed by atoms with E-state index in [1.54, 1.807) is 0 Å². The van der Waals surface area contributed by atoms with Gasteiger partial charge in [0.1, 0.15) is 0 Å². The second-order valence-electron chi connectivity index (χ2n) is 6.81. The number of rotatable bonds is 4. The molecule has 0 radical (unpaired) electrons. The van der Waals surface area contributed by atoms with Crippen LogP contribution in [0, 0.1) is 19.3 Å². The van der Waals surface area contributed by atoms with Crippen LogP contribution in [0.15, 0.2) is 18.2 Å². The first-order valence-corrected chi connectivity index (χ1v) is 8.00. The number of nitrogens with zero attached hydrogens (tertiary/aromatic N) is 1. The lowest BCUT2D eigenvalue weighted by Crippen LogP contribution is -2.43. The van der Waals surface area contributed by atoms with Gasteiger partial charge in [-0.25, -0.2) is 0 Å². The second-order valence-corrected chi connectivity index (χ2v) is 6.81. The third kappa shape index (κ3) is 3.24. The first-order valence-electron chi connectivity index (χ1n) is 8.00. The minimum Gasteiger partial charge on any atom is -0.329 e. The van der Waals surface area contributed by atoms with Crippen LogP contribution in [0.3, 0.4) is 0 Å². The van der Waals surface area contributed by atoms with Crippen LogP contribution in [0.5, 0.6) is 0 Å². The van der Waals surface area contributed by atoms with Gasteiger partial charge in [-0.15, -0.1) is 0 Å². The summed E-state index contributed by atoms with van der Waals surface area (Å²) in [5.74, 6) is 0. The van der Waals surface area contributed by atoms with E-state index in [0.717, 1.165) is 0 Å². The Bertz CT molecular complexity index is 445. The summed E-state index contributed by atoms with van der Waals surface area (Å²) in [7, 11) is 0. The number of hydrogen-bond acceptors (Lipinski definition) is 2. The fourth-order valence-electron chi connectivity index (χ4n) is 3.40. The van der Waals surface area contributed by atoms with Crippen molar-refractivity contribution in [1.29, 1.82) is 0 Å². The van der Waals surface area contributed by atoms with E-state index in [9.17, 15) is 0 Å². The summed E-state index contributed by atoms with van der Waals surface area (Å²) < 4.78 is 0. The third-order valence-electron chi connectivity index (χ3n) is 5.31. The van der Waals surface area contributed by atoms with Crippen LogP contribution in [0.1, 0.15) is 55.8 Å². The van der Waals surface area contributed by atoms with Crippen molar-refractivity contribution in [3.63, 3.8) is 0 Å². The number of aryl methyl sites for hydroxylation is 2. The highest BCUT2D eigenvalue weighted by Crippen LogP contribution is 2.37. The van der Waals surface area contributed by atoms with E-state index in [1.165, 1.54) is 49.0 Å². The molecule has 1 aliphatic heterocycles. The molecule has 112 valence electrons. The van der Waals surface area contributed by atoms with Crippen LogP contribution in [0.4, 0.5) is 0 Å². The van der Waals surface area contributed by atoms with Crippen LogP contribution in [-0.4, -0.2) is 24.5 Å². The Labute approximate surface area is 124 Å². The van der Waals surface area contributed by atoms with E-state index < -0.39 is 0 Å². The maximum Gasteiger partial charge on any atom is 0.0473 e. The largest absolute Gasteiger partial charge is 0.329 e. The zero-order valence-corrected chi connectivity index (χ0v) is 13.6. The molecule has 20 heavy (non-hydrogen) atoms. The first-order chi connectivity index (χ1) is 9.49. The Balaban J connectivity index is 2.13. The van der Waals surface area contributed by atoms with Gasteiger partial charge in [0.2, 0.25) is 0 Å². The summed E-state index contributed by atoms with van der Waals surface area (Å²) >= 11 is 0. The highest BCUT2D eigenvalue weighted by atomic mass is 15.2. The second kappa shape index (κ2) is 6.28. The smallest absolute Gasteiger partial charge is 0.0473 e. The molecule has 2 heteroatoms. The van der Waals surface area contributed by atoms with Crippen molar-refractivity contribution in [3.8, 4) is 0 Å². The molecule has 0 bridgehead atoms. The van der Waals surface area contributed by atoms with Crippen LogP contribution >= 0.6 is 0 Å². The molecule has 2 rings (SSSR count). The Morgan fingerprint density at radius 1 is 1.25 bits per heavy atom. The van der Waals surface area contributed by atoms with Gasteiger partial charge in [0.15, 0.2) is 0 Å². The van der Waals surface area contributed by atoms with Crippen LogP contribution in [0.2, 0.25) is 0 Å². The first kappa shape index (κ1) is 15.5. The zero-order valence-electron chi connectivity index (χ0n) is 13.6. The van der Waals surface area contributed by atoms with Gasteiger partial charge in [-0.1, -0.05) is 44.0 Å². The normalized spacial score (nSPS) is 20.9. The maximum absolute atomic E-state index is 6.10.